The monoisotopic (exact) mass is 223 g/mol. The molecule has 1 aromatic carbocycles. The molecule has 0 fully saturated rings. The van der Waals surface area contributed by atoms with Crippen LogP contribution in [0.15, 0.2) is 48.5 Å². The summed E-state index contributed by atoms with van der Waals surface area (Å²) in [7, 11) is 0. The van der Waals surface area contributed by atoms with Crippen molar-refractivity contribution < 1.29 is 0 Å². The van der Waals surface area contributed by atoms with Gasteiger partial charge in [0, 0.05) is 10.6 Å². The number of aromatic nitrogens is 1. The van der Waals surface area contributed by atoms with Crippen LogP contribution in [0.4, 0.5) is 0 Å². The summed E-state index contributed by atoms with van der Waals surface area (Å²) < 4.78 is 4.72. The van der Waals surface area contributed by atoms with Crippen LogP contribution in [0.1, 0.15) is 0 Å². The molecule has 0 saturated carbocycles. The molecule has 16 heavy (non-hydrogen) atoms. The number of aromatic amines is 1. The van der Waals surface area contributed by atoms with E-state index in [0.29, 0.717) is 0 Å². The van der Waals surface area contributed by atoms with Gasteiger partial charge in [0.05, 0.1) is 10.0 Å². The fraction of sp³-hybridized carbons (Fsp3) is 0. The summed E-state index contributed by atoms with van der Waals surface area (Å²) in [5.41, 5.74) is 2.69. The zero-order valence-electron chi connectivity index (χ0n) is 8.53. The van der Waals surface area contributed by atoms with Gasteiger partial charge in [0.1, 0.15) is 0 Å². The van der Waals surface area contributed by atoms with Crippen molar-refractivity contribution in [1.82, 2.24) is 4.37 Å². The first kappa shape index (κ1) is 8.36. The Balaban J connectivity index is 2.40. The van der Waals surface area contributed by atoms with E-state index in [1.807, 2.05) is 0 Å². The molecule has 1 aliphatic heterocycles. The number of H-pyrrole nitrogens is 1. The first-order chi connectivity index (χ1) is 7.93. The molecule has 0 radical (unpaired) electrons. The van der Waals surface area contributed by atoms with E-state index < -0.39 is 0 Å². The van der Waals surface area contributed by atoms with Crippen molar-refractivity contribution in [3.8, 4) is 11.1 Å². The van der Waals surface area contributed by atoms with E-state index >= 15 is 0 Å². The van der Waals surface area contributed by atoms with Gasteiger partial charge in [0.2, 0.25) is 0 Å². The molecular weight excluding hydrogens is 214 g/mol. The van der Waals surface area contributed by atoms with Crippen molar-refractivity contribution in [1.29, 1.82) is 0 Å². The summed E-state index contributed by atoms with van der Waals surface area (Å²) in [4.78, 5) is 0. The van der Waals surface area contributed by atoms with Crippen molar-refractivity contribution in [2.24, 2.45) is 0 Å². The average Bonchev–Trinajstić information content (AvgIpc) is 2.88. The molecule has 0 unspecified atom stereocenters. The fourth-order valence-corrected chi connectivity index (χ4v) is 3.21. The average molecular weight is 223 g/mol. The van der Waals surface area contributed by atoms with E-state index in [4.69, 9.17) is 0 Å². The Kier molecular flexibility index (Phi) is 1.50. The van der Waals surface area contributed by atoms with Crippen molar-refractivity contribution in [3.05, 3.63) is 59.1 Å². The Bertz CT molecular complexity index is 808. The van der Waals surface area contributed by atoms with Crippen molar-refractivity contribution in [2.75, 3.05) is 0 Å². The van der Waals surface area contributed by atoms with E-state index in [0.717, 1.165) is 0 Å². The van der Waals surface area contributed by atoms with Crippen LogP contribution in [-0.4, -0.2) is 4.37 Å². The lowest BCUT2D eigenvalue weighted by Crippen LogP contribution is -1.77. The minimum Gasteiger partial charge on any atom is -0.310 e. The zero-order chi connectivity index (χ0) is 10.5. The van der Waals surface area contributed by atoms with Gasteiger partial charge in [-0.05, 0) is 23.3 Å². The first-order valence-corrected chi connectivity index (χ1v) is 6.12. The van der Waals surface area contributed by atoms with Crippen LogP contribution in [0, 0.1) is 10.6 Å². The predicted molar refractivity (Wildman–Crippen MR) is 68.1 cm³/mol. The molecule has 4 rings (SSSR count). The highest BCUT2D eigenvalue weighted by molar-refractivity contribution is 7.12. The molecule has 1 heterocycles. The maximum absolute atomic E-state index is 3.41. The summed E-state index contributed by atoms with van der Waals surface area (Å²) in [6.45, 7) is 0. The van der Waals surface area contributed by atoms with Crippen LogP contribution in [-0.2, 0) is 0 Å². The number of fused-ring (bicyclic) bond motifs is 4. The number of nitrogens with one attached hydrogen (secondary N) is 1. The third-order valence-electron chi connectivity index (χ3n) is 3.12. The minimum atomic E-state index is 1.24. The Morgan fingerprint density at radius 1 is 0.938 bits per heavy atom. The van der Waals surface area contributed by atoms with Crippen LogP contribution >= 0.6 is 11.5 Å². The Labute approximate surface area is 96.5 Å². The lowest BCUT2D eigenvalue weighted by Gasteiger charge is -1.97. The second-order valence-electron chi connectivity index (χ2n) is 4.03. The molecule has 0 amide bonds. The molecule has 1 aromatic rings. The maximum Gasteiger partial charge on any atom is 0.0568 e. The predicted octanol–water partition coefficient (Wildman–Crippen LogP) is 4.06. The number of hydrogen-bond acceptors (Lipinski definition) is 1. The van der Waals surface area contributed by atoms with E-state index in [1.165, 1.54) is 31.8 Å². The van der Waals surface area contributed by atoms with Crippen LogP contribution in [0.25, 0.3) is 21.2 Å². The highest BCUT2D eigenvalue weighted by atomic mass is 32.1. The largest absolute Gasteiger partial charge is 0.310 e. The van der Waals surface area contributed by atoms with Crippen molar-refractivity contribution in [2.45, 2.75) is 0 Å². The third kappa shape index (κ3) is 0.947. The highest BCUT2D eigenvalue weighted by Crippen LogP contribution is 2.31. The first-order valence-electron chi connectivity index (χ1n) is 5.31. The molecule has 3 aliphatic rings. The van der Waals surface area contributed by atoms with Gasteiger partial charge >= 0.3 is 0 Å². The number of rotatable bonds is 0. The molecule has 0 atom stereocenters. The second kappa shape index (κ2) is 2.86. The van der Waals surface area contributed by atoms with Crippen LogP contribution in [0.2, 0.25) is 0 Å². The summed E-state index contributed by atoms with van der Waals surface area (Å²) >= 11 is 1.70. The molecule has 2 heteroatoms. The molecule has 0 bridgehead atoms. The highest BCUT2D eigenvalue weighted by Gasteiger charge is 2.10. The van der Waals surface area contributed by atoms with E-state index in [-0.39, 0.29) is 0 Å². The Morgan fingerprint density at radius 2 is 1.88 bits per heavy atom. The molecule has 0 saturated heterocycles. The molecule has 0 spiro atoms. The van der Waals surface area contributed by atoms with Gasteiger partial charge in [0.15, 0.2) is 0 Å². The molecule has 76 valence electrons. The van der Waals surface area contributed by atoms with Gasteiger partial charge in [-0.2, -0.15) is 0 Å². The van der Waals surface area contributed by atoms with E-state index in [1.54, 1.807) is 11.5 Å². The fourth-order valence-electron chi connectivity index (χ4n) is 2.40. The lowest BCUT2D eigenvalue weighted by molar-refractivity contribution is 1.42. The zero-order valence-corrected chi connectivity index (χ0v) is 9.34. The lowest BCUT2D eigenvalue weighted by atomic mass is 10.1. The van der Waals surface area contributed by atoms with E-state index in [9.17, 15) is 0 Å². The van der Waals surface area contributed by atoms with Crippen molar-refractivity contribution in [3.63, 3.8) is 0 Å². The van der Waals surface area contributed by atoms with Gasteiger partial charge in [-0.1, -0.05) is 47.9 Å². The topological polar surface area (TPSA) is 15.8 Å². The molecule has 1 nitrogen and oxygen atoms in total. The minimum absolute atomic E-state index is 1.24. The Morgan fingerprint density at radius 3 is 2.88 bits per heavy atom. The van der Waals surface area contributed by atoms with Gasteiger partial charge in [-0.3, -0.25) is 0 Å². The third-order valence-corrected chi connectivity index (χ3v) is 4.01. The summed E-state index contributed by atoms with van der Waals surface area (Å²) in [5.74, 6) is 0. The standard InChI is InChI=1S/C14H9NS/c1-2-7-13-11(5-1)14-10-6-3-4-9(10)8-12(14)15-16-13/h1-8,15H. The normalized spacial score (nSPS) is 11.8. The molecular formula is C14H9NS. The smallest absolute Gasteiger partial charge is 0.0568 e. The van der Waals surface area contributed by atoms with Crippen LogP contribution in [0.5, 0.6) is 0 Å². The molecule has 1 N–H and O–H groups in total. The van der Waals surface area contributed by atoms with Crippen LogP contribution in [0.3, 0.4) is 0 Å². The summed E-state index contributed by atoms with van der Waals surface area (Å²) in [6, 6.07) is 17.3. The molecule has 0 aromatic heterocycles. The molecule has 2 aliphatic carbocycles. The second-order valence-corrected chi connectivity index (χ2v) is 4.88. The Hall–Kier alpha value is -1.80. The summed E-state index contributed by atoms with van der Waals surface area (Å²) in [6.07, 6.45) is 0. The SMILES string of the molecule is c1cc2cc3[nH]sc4ccccc4c=3c-2c1. The van der Waals surface area contributed by atoms with Gasteiger partial charge < -0.3 is 4.37 Å². The van der Waals surface area contributed by atoms with Gasteiger partial charge in [0.25, 0.3) is 0 Å². The summed E-state index contributed by atoms with van der Waals surface area (Å²) in [5, 5.41) is 3.95. The maximum atomic E-state index is 3.41. The number of hydrogen-bond donors (Lipinski definition) is 1. The van der Waals surface area contributed by atoms with Gasteiger partial charge in [-0.15, -0.1) is 0 Å². The van der Waals surface area contributed by atoms with Crippen LogP contribution < -0.4 is 0 Å². The van der Waals surface area contributed by atoms with E-state index in [2.05, 4.69) is 52.9 Å². The quantitative estimate of drug-likeness (QED) is 0.462. The number of benzene rings is 1. The van der Waals surface area contributed by atoms with Gasteiger partial charge in [-0.25, -0.2) is 0 Å². The van der Waals surface area contributed by atoms with Crippen molar-refractivity contribution >= 4 is 21.6 Å².